The summed E-state index contributed by atoms with van der Waals surface area (Å²) in [4.78, 5) is 15.2. The normalized spacial score (nSPS) is 20.2. The first kappa shape index (κ1) is 22.8. The first-order valence-electron chi connectivity index (χ1n) is 11.1. The quantitative estimate of drug-likeness (QED) is 0.734. The zero-order chi connectivity index (χ0) is 19.9. The number of carbonyl (C=O) groups excluding carboxylic acids is 1. The molecule has 1 aromatic heterocycles. The van der Waals surface area contributed by atoms with Gasteiger partial charge >= 0.3 is 0 Å². The molecule has 30 heavy (non-hydrogen) atoms. The van der Waals surface area contributed by atoms with Gasteiger partial charge in [0.1, 0.15) is 5.69 Å². The van der Waals surface area contributed by atoms with E-state index in [0.29, 0.717) is 18.3 Å². The Morgan fingerprint density at radius 3 is 2.57 bits per heavy atom. The lowest BCUT2D eigenvalue weighted by atomic mass is 10.1. The molecule has 1 aromatic carbocycles. The maximum absolute atomic E-state index is 12.6. The van der Waals surface area contributed by atoms with Gasteiger partial charge in [-0.2, -0.15) is 5.10 Å². The molecule has 2 aliphatic heterocycles. The summed E-state index contributed by atoms with van der Waals surface area (Å²) in [5, 5.41) is 11.0. The van der Waals surface area contributed by atoms with Gasteiger partial charge in [0.05, 0.1) is 6.04 Å². The monoisotopic (exact) mass is 431 g/mol. The molecular formula is C23H34ClN5O. The lowest BCUT2D eigenvalue weighted by molar-refractivity contribution is 0.0944. The highest BCUT2D eigenvalue weighted by Gasteiger charge is 2.18. The molecular weight excluding hydrogens is 398 g/mol. The number of amides is 1. The summed E-state index contributed by atoms with van der Waals surface area (Å²) in [6.07, 6.45) is 9.46. The molecule has 0 bridgehead atoms. The summed E-state index contributed by atoms with van der Waals surface area (Å²) in [6.45, 7) is 5.85. The van der Waals surface area contributed by atoms with E-state index in [-0.39, 0.29) is 18.3 Å². The second-order valence-electron chi connectivity index (χ2n) is 8.32. The van der Waals surface area contributed by atoms with Crippen LogP contribution in [0.4, 0.5) is 0 Å². The van der Waals surface area contributed by atoms with Gasteiger partial charge in [-0.05, 0) is 62.5 Å². The van der Waals surface area contributed by atoms with Crippen LogP contribution in [0, 0.1) is 0 Å². The van der Waals surface area contributed by atoms with Gasteiger partial charge in [0, 0.05) is 25.8 Å². The Kier molecular flexibility index (Phi) is 8.73. The molecule has 2 saturated heterocycles. The minimum atomic E-state index is -0.0999. The fourth-order valence-corrected chi connectivity index (χ4v) is 4.41. The van der Waals surface area contributed by atoms with Gasteiger partial charge in [-0.15, -0.1) is 12.4 Å². The number of nitrogens with one attached hydrogen (secondary N) is 2. The fraction of sp³-hybridized carbons (Fsp3) is 0.565. The van der Waals surface area contributed by atoms with E-state index in [4.69, 9.17) is 0 Å². The first-order chi connectivity index (χ1) is 14.3. The SMILES string of the molecule is Cl.O=C(NCc1ccccc1CN1CCCCCC1)c1ccn(C2CCCNC2)n1. The van der Waals surface area contributed by atoms with Crippen LogP contribution in [-0.2, 0) is 13.1 Å². The molecule has 2 aliphatic rings. The summed E-state index contributed by atoms with van der Waals surface area (Å²) < 4.78 is 1.94. The number of hydrogen-bond donors (Lipinski definition) is 2. The number of nitrogens with zero attached hydrogens (tertiary/aromatic N) is 3. The lowest BCUT2D eigenvalue weighted by Gasteiger charge is -2.22. The Hall–Kier alpha value is -1.89. The summed E-state index contributed by atoms with van der Waals surface area (Å²) >= 11 is 0. The van der Waals surface area contributed by atoms with Crippen molar-refractivity contribution >= 4 is 18.3 Å². The Morgan fingerprint density at radius 1 is 1.07 bits per heavy atom. The fourth-order valence-electron chi connectivity index (χ4n) is 4.41. The summed E-state index contributed by atoms with van der Waals surface area (Å²) in [5.74, 6) is -0.0999. The molecule has 7 heteroatoms. The smallest absolute Gasteiger partial charge is 0.272 e. The highest BCUT2D eigenvalue weighted by atomic mass is 35.5. The summed E-state index contributed by atoms with van der Waals surface area (Å²) in [6, 6.07) is 10.6. The molecule has 0 radical (unpaired) electrons. The average molecular weight is 432 g/mol. The number of likely N-dealkylation sites (tertiary alicyclic amines) is 1. The van der Waals surface area contributed by atoms with Gasteiger partial charge in [-0.25, -0.2) is 0 Å². The molecule has 2 fully saturated rings. The molecule has 1 unspecified atom stereocenters. The molecule has 0 aliphatic carbocycles. The van der Waals surface area contributed by atoms with Crippen LogP contribution >= 0.6 is 12.4 Å². The maximum Gasteiger partial charge on any atom is 0.272 e. The van der Waals surface area contributed by atoms with Crippen LogP contribution in [0.15, 0.2) is 36.5 Å². The molecule has 164 valence electrons. The van der Waals surface area contributed by atoms with E-state index >= 15 is 0 Å². The van der Waals surface area contributed by atoms with Crippen molar-refractivity contribution in [2.24, 2.45) is 0 Å². The molecule has 2 N–H and O–H groups in total. The number of halogens is 1. The molecule has 0 saturated carbocycles. The van der Waals surface area contributed by atoms with E-state index in [1.54, 1.807) is 0 Å². The second kappa shape index (κ2) is 11.5. The largest absolute Gasteiger partial charge is 0.347 e. The van der Waals surface area contributed by atoms with E-state index in [1.165, 1.54) is 49.9 Å². The molecule has 1 atom stereocenters. The van der Waals surface area contributed by atoms with Crippen LogP contribution in [0.1, 0.15) is 66.2 Å². The number of benzene rings is 1. The van der Waals surface area contributed by atoms with E-state index in [2.05, 4.69) is 44.9 Å². The lowest BCUT2D eigenvalue weighted by Crippen LogP contribution is -2.32. The maximum atomic E-state index is 12.6. The van der Waals surface area contributed by atoms with Crippen LogP contribution < -0.4 is 10.6 Å². The standard InChI is InChI=1S/C23H33N5O.ClH/c29-23(22-11-15-28(26-22)21-10-7-12-24-17-21)25-16-19-8-3-4-9-20(19)18-27-13-5-1-2-6-14-27;/h3-4,8-9,11,15,21,24H,1-2,5-7,10,12-14,16-18H2,(H,25,29);1H. The third kappa shape index (κ3) is 6.06. The Balaban J connectivity index is 0.00000256. The Bertz CT molecular complexity index is 794. The zero-order valence-corrected chi connectivity index (χ0v) is 18.5. The zero-order valence-electron chi connectivity index (χ0n) is 17.7. The molecule has 3 heterocycles. The van der Waals surface area contributed by atoms with Crippen molar-refractivity contribution in [1.82, 2.24) is 25.3 Å². The van der Waals surface area contributed by atoms with Gasteiger partial charge in [0.25, 0.3) is 5.91 Å². The summed E-state index contributed by atoms with van der Waals surface area (Å²) in [7, 11) is 0. The number of piperidine rings is 1. The second-order valence-corrected chi connectivity index (χ2v) is 8.32. The molecule has 2 aromatic rings. The van der Waals surface area contributed by atoms with Gasteiger partial charge < -0.3 is 10.6 Å². The van der Waals surface area contributed by atoms with Crippen molar-refractivity contribution < 1.29 is 4.79 Å². The minimum absolute atomic E-state index is 0. The third-order valence-corrected chi connectivity index (χ3v) is 6.14. The van der Waals surface area contributed by atoms with Crippen LogP contribution in [-0.4, -0.2) is 46.8 Å². The van der Waals surface area contributed by atoms with Crippen LogP contribution in [0.5, 0.6) is 0 Å². The van der Waals surface area contributed by atoms with Crippen molar-refractivity contribution in [2.45, 2.75) is 57.7 Å². The Morgan fingerprint density at radius 2 is 1.83 bits per heavy atom. The highest BCUT2D eigenvalue weighted by Crippen LogP contribution is 2.17. The molecule has 1 amide bonds. The van der Waals surface area contributed by atoms with Crippen LogP contribution in [0.25, 0.3) is 0 Å². The predicted molar refractivity (Wildman–Crippen MR) is 122 cm³/mol. The van der Waals surface area contributed by atoms with Gasteiger partial charge in [0.2, 0.25) is 0 Å². The topological polar surface area (TPSA) is 62.2 Å². The van der Waals surface area contributed by atoms with E-state index in [0.717, 1.165) is 32.5 Å². The highest BCUT2D eigenvalue weighted by molar-refractivity contribution is 5.92. The van der Waals surface area contributed by atoms with Crippen molar-refractivity contribution in [3.8, 4) is 0 Å². The predicted octanol–water partition coefficient (Wildman–Crippen LogP) is 3.54. The number of aromatic nitrogens is 2. The number of hydrogen-bond acceptors (Lipinski definition) is 4. The van der Waals surface area contributed by atoms with Crippen LogP contribution in [0.3, 0.4) is 0 Å². The molecule has 4 rings (SSSR count). The minimum Gasteiger partial charge on any atom is -0.347 e. The first-order valence-corrected chi connectivity index (χ1v) is 11.1. The van der Waals surface area contributed by atoms with Crippen molar-refractivity contribution in [2.75, 3.05) is 26.2 Å². The van der Waals surface area contributed by atoms with E-state index < -0.39 is 0 Å². The molecule has 0 spiro atoms. The number of carbonyl (C=O) groups is 1. The van der Waals surface area contributed by atoms with Gasteiger partial charge in [0.15, 0.2) is 0 Å². The van der Waals surface area contributed by atoms with Crippen molar-refractivity contribution in [1.29, 1.82) is 0 Å². The Labute approximate surface area is 185 Å². The average Bonchev–Trinajstić information content (AvgIpc) is 3.12. The number of rotatable bonds is 6. The van der Waals surface area contributed by atoms with E-state index in [9.17, 15) is 4.79 Å². The van der Waals surface area contributed by atoms with Crippen molar-refractivity contribution in [3.05, 3.63) is 53.3 Å². The molecule has 6 nitrogen and oxygen atoms in total. The van der Waals surface area contributed by atoms with Crippen molar-refractivity contribution in [3.63, 3.8) is 0 Å². The van der Waals surface area contributed by atoms with Gasteiger partial charge in [-0.1, -0.05) is 37.1 Å². The van der Waals surface area contributed by atoms with Crippen LogP contribution in [0.2, 0.25) is 0 Å². The van der Waals surface area contributed by atoms with E-state index in [1.807, 2.05) is 16.9 Å². The summed E-state index contributed by atoms with van der Waals surface area (Å²) in [5.41, 5.74) is 3.01. The third-order valence-electron chi connectivity index (χ3n) is 6.14. The van der Waals surface area contributed by atoms with Gasteiger partial charge in [-0.3, -0.25) is 14.4 Å².